The molecular formula is C22H27NO5. The molecule has 1 saturated heterocycles. The monoisotopic (exact) mass is 387 g/mol. The molecule has 6 heteroatoms. The second-order valence-corrected chi connectivity index (χ2v) is 7.42. The molecule has 1 aromatic rings. The lowest BCUT2D eigenvalue weighted by Crippen LogP contribution is -2.49. The summed E-state index contributed by atoms with van der Waals surface area (Å²) >= 11 is 0. The minimum absolute atomic E-state index is 0.0595. The quantitative estimate of drug-likeness (QED) is 0.792. The molecule has 3 atom stereocenters. The van der Waals surface area contributed by atoms with Crippen LogP contribution in [0.3, 0.4) is 0 Å². The number of benzene rings is 1. The number of carbonyl (C=O) groups is 1. The molecule has 6 nitrogen and oxygen atoms in total. The standard InChI is InChI=1S/C22H27NO5/c1-23-9-8-22-12-18(26-3)16(24)11-14(22)15(23)7-6-13-10-17(25-2)20(27-4)21(28-5)19(13)22/h10-12,15H,6-9H2,1-5H3/t15-,22?/m0/s1/i8T/t8-,15+,22?/m1. The Labute approximate surface area is 167 Å². The highest BCUT2D eigenvalue weighted by molar-refractivity contribution is 6.05. The second-order valence-electron chi connectivity index (χ2n) is 7.42. The van der Waals surface area contributed by atoms with E-state index < -0.39 is 11.8 Å². The largest absolute Gasteiger partial charge is 0.493 e. The fraction of sp³-hybridized carbons (Fsp3) is 0.500. The predicted octanol–water partition coefficient (Wildman–Crippen LogP) is 2.64. The van der Waals surface area contributed by atoms with Gasteiger partial charge >= 0.3 is 0 Å². The summed E-state index contributed by atoms with van der Waals surface area (Å²) in [5, 5.41) is 0. The normalized spacial score (nSPS) is 29.5. The van der Waals surface area contributed by atoms with Crippen LogP contribution in [0.1, 0.15) is 25.3 Å². The average Bonchev–Trinajstić information content (AvgIpc) is 2.83. The number of aryl methyl sites for hydroxylation is 1. The Morgan fingerprint density at radius 1 is 1.14 bits per heavy atom. The number of fused-ring (bicyclic) bond motifs is 1. The van der Waals surface area contributed by atoms with Crippen molar-refractivity contribution in [3.63, 3.8) is 0 Å². The molecule has 1 unspecified atom stereocenters. The molecule has 2 aliphatic carbocycles. The lowest BCUT2D eigenvalue weighted by Gasteiger charge is -2.47. The summed E-state index contributed by atoms with van der Waals surface area (Å²) in [7, 11) is 8.29. The van der Waals surface area contributed by atoms with Crippen molar-refractivity contribution in [1.82, 2.24) is 4.90 Å². The number of piperidine rings is 1. The molecule has 1 aliphatic heterocycles. The van der Waals surface area contributed by atoms with Crippen LogP contribution in [-0.4, -0.2) is 58.8 Å². The van der Waals surface area contributed by atoms with Crippen molar-refractivity contribution < 1.29 is 25.1 Å². The number of rotatable bonds is 4. The molecule has 0 amide bonds. The van der Waals surface area contributed by atoms with Gasteiger partial charge in [-0.1, -0.05) is 0 Å². The van der Waals surface area contributed by atoms with Gasteiger partial charge < -0.3 is 18.9 Å². The molecule has 0 aromatic heterocycles. The van der Waals surface area contributed by atoms with E-state index in [0.29, 0.717) is 23.8 Å². The van der Waals surface area contributed by atoms with Crippen LogP contribution in [0.25, 0.3) is 0 Å². The first-order valence-corrected chi connectivity index (χ1v) is 9.40. The highest BCUT2D eigenvalue weighted by Gasteiger charge is 2.51. The SMILES string of the molecule is [3H][C@@H]1CN(C)[C@H]2CCc3cc(OC)c(OC)c(OC)c3C13C=C(OC)C(=O)C=C23. The summed E-state index contributed by atoms with van der Waals surface area (Å²) in [6, 6.07) is 2.04. The van der Waals surface area contributed by atoms with E-state index in [1.165, 1.54) is 7.11 Å². The Kier molecular flexibility index (Phi) is 4.31. The molecule has 0 radical (unpaired) electrons. The Bertz CT molecular complexity index is 924. The fourth-order valence-electron chi connectivity index (χ4n) is 4.90. The predicted molar refractivity (Wildman–Crippen MR) is 105 cm³/mol. The number of hydrogen-bond donors (Lipinski definition) is 0. The van der Waals surface area contributed by atoms with Gasteiger partial charge in [-0.05, 0) is 62.2 Å². The molecule has 1 heterocycles. The third-order valence-electron chi connectivity index (χ3n) is 6.19. The summed E-state index contributed by atoms with van der Waals surface area (Å²) in [6.07, 6.45) is 4.58. The number of ether oxygens (including phenoxy) is 4. The van der Waals surface area contributed by atoms with Crippen molar-refractivity contribution >= 4 is 5.78 Å². The maximum absolute atomic E-state index is 12.7. The summed E-state index contributed by atoms with van der Waals surface area (Å²) < 4.78 is 31.6. The van der Waals surface area contributed by atoms with E-state index in [2.05, 4.69) is 4.90 Å². The summed E-state index contributed by atoms with van der Waals surface area (Å²) in [5.41, 5.74) is 2.03. The maximum atomic E-state index is 12.7. The van der Waals surface area contributed by atoms with Crippen molar-refractivity contribution in [3.8, 4) is 17.2 Å². The van der Waals surface area contributed by atoms with Crippen LogP contribution in [0.5, 0.6) is 17.2 Å². The summed E-state index contributed by atoms with van der Waals surface area (Å²) in [4.78, 5) is 14.9. The Balaban J connectivity index is 2.12. The van der Waals surface area contributed by atoms with Gasteiger partial charge in [-0.2, -0.15) is 0 Å². The van der Waals surface area contributed by atoms with Gasteiger partial charge in [-0.15, -0.1) is 0 Å². The molecule has 2 bridgehead atoms. The lowest BCUT2D eigenvalue weighted by atomic mass is 9.64. The van der Waals surface area contributed by atoms with Crippen molar-refractivity contribution in [3.05, 3.63) is 40.7 Å². The zero-order valence-electron chi connectivity index (χ0n) is 18.0. The molecule has 150 valence electrons. The van der Waals surface area contributed by atoms with Gasteiger partial charge in [0.15, 0.2) is 17.3 Å². The minimum atomic E-state index is -0.826. The van der Waals surface area contributed by atoms with E-state index in [1.54, 1.807) is 27.4 Å². The minimum Gasteiger partial charge on any atom is -0.493 e. The van der Waals surface area contributed by atoms with Gasteiger partial charge in [0.25, 0.3) is 0 Å². The number of hydrogen-bond acceptors (Lipinski definition) is 6. The van der Waals surface area contributed by atoms with Gasteiger partial charge in [-0.25, -0.2) is 0 Å². The lowest BCUT2D eigenvalue weighted by molar-refractivity contribution is -0.114. The van der Waals surface area contributed by atoms with Gasteiger partial charge in [0.05, 0.1) is 28.4 Å². The average molecular weight is 387 g/mol. The van der Waals surface area contributed by atoms with Gasteiger partial charge in [0.2, 0.25) is 11.5 Å². The first-order valence-electron chi connectivity index (χ1n) is 9.98. The van der Waals surface area contributed by atoms with Crippen LogP contribution in [0.4, 0.5) is 0 Å². The molecule has 0 saturated carbocycles. The zero-order chi connectivity index (χ0) is 20.9. The van der Waals surface area contributed by atoms with Crippen LogP contribution in [0.15, 0.2) is 29.6 Å². The van der Waals surface area contributed by atoms with Crippen molar-refractivity contribution in [2.75, 3.05) is 42.0 Å². The van der Waals surface area contributed by atoms with Crippen molar-refractivity contribution in [2.45, 2.75) is 30.7 Å². The molecule has 0 N–H and O–H groups in total. The smallest absolute Gasteiger partial charge is 0.220 e. The highest BCUT2D eigenvalue weighted by atomic mass is 16.5. The summed E-state index contributed by atoms with van der Waals surface area (Å²) in [6.45, 7) is 0.570. The number of allylic oxidation sites excluding steroid dienone is 2. The molecule has 1 fully saturated rings. The Morgan fingerprint density at radius 2 is 1.89 bits per heavy atom. The van der Waals surface area contributed by atoms with Crippen LogP contribution >= 0.6 is 0 Å². The Hall–Kier alpha value is -2.47. The first kappa shape index (κ1) is 17.6. The van der Waals surface area contributed by atoms with E-state index in [-0.39, 0.29) is 17.6 Å². The van der Waals surface area contributed by atoms with Gasteiger partial charge in [0.1, 0.15) is 0 Å². The number of likely N-dealkylation sites (N-methyl/N-ethyl adjacent to an activating group) is 1. The fourth-order valence-corrected chi connectivity index (χ4v) is 4.90. The number of ketones is 1. The number of methoxy groups -OCH3 is 4. The third-order valence-corrected chi connectivity index (χ3v) is 6.19. The van der Waals surface area contributed by atoms with E-state index in [9.17, 15) is 4.79 Å². The Morgan fingerprint density at radius 3 is 2.54 bits per heavy atom. The molecule has 28 heavy (non-hydrogen) atoms. The van der Waals surface area contributed by atoms with Crippen molar-refractivity contribution in [2.24, 2.45) is 0 Å². The summed E-state index contributed by atoms with van der Waals surface area (Å²) in [5.74, 6) is 1.75. The van der Waals surface area contributed by atoms with E-state index in [1.807, 2.05) is 19.2 Å². The van der Waals surface area contributed by atoms with E-state index in [0.717, 1.165) is 29.5 Å². The zero-order valence-corrected chi connectivity index (χ0v) is 17.0. The number of nitrogens with zero attached hydrogens (tertiary/aromatic N) is 1. The molecule has 3 aliphatic rings. The third kappa shape index (κ3) is 2.47. The van der Waals surface area contributed by atoms with E-state index in [4.69, 9.17) is 20.3 Å². The van der Waals surface area contributed by atoms with Crippen LogP contribution in [-0.2, 0) is 21.4 Å². The van der Waals surface area contributed by atoms with Crippen molar-refractivity contribution in [1.29, 1.82) is 0 Å². The van der Waals surface area contributed by atoms with E-state index >= 15 is 0 Å². The second kappa shape index (κ2) is 6.85. The highest BCUT2D eigenvalue weighted by Crippen LogP contribution is 2.56. The first-order chi connectivity index (χ1) is 13.9. The van der Waals surface area contributed by atoms with Gasteiger partial charge in [-0.3, -0.25) is 9.69 Å². The molecular weight excluding hydrogens is 358 g/mol. The van der Waals surface area contributed by atoms with Crippen LogP contribution in [0, 0.1) is 0 Å². The number of likely N-dealkylation sites (tertiary alicyclic amines) is 1. The molecule has 4 rings (SSSR count). The van der Waals surface area contributed by atoms with Crippen LogP contribution in [0.2, 0.25) is 0 Å². The van der Waals surface area contributed by atoms with Gasteiger partial charge in [0, 0.05) is 18.4 Å². The number of carbonyl (C=O) groups excluding carboxylic acids is 1. The maximum Gasteiger partial charge on any atom is 0.220 e. The topological polar surface area (TPSA) is 57.2 Å². The molecule has 0 spiro atoms. The molecule has 1 aromatic carbocycles. The van der Waals surface area contributed by atoms with Crippen LogP contribution < -0.4 is 14.2 Å².